The van der Waals surface area contributed by atoms with Gasteiger partial charge < -0.3 is 13.9 Å². The Morgan fingerprint density at radius 2 is 2.42 bits per heavy atom. The molecule has 0 aromatic carbocycles. The molecule has 0 fully saturated rings. The summed E-state index contributed by atoms with van der Waals surface area (Å²) >= 11 is 1.46. The molecular formula is C7H9LiO3S. The first-order chi connectivity index (χ1) is 5.27. The molecule has 1 aromatic heterocycles. The van der Waals surface area contributed by atoms with E-state index in [4.69, 9.17) is 9.15 Å². The van der Waals surface area contributed by atoms with Crippen LogP contribution in [0, 0.1) is 0 Å². The average molecular weight is 180 g/mol. The van der Waals surface area contributed by atoms with Crippen molar-refractivity contribution in [2.75, 3.05) is 12.9 Å². The molecule has 5 heteroatoms. The minimum atomic E-state index is -0.349. The van der Waals surface area contributed by atoms with Gasteiger partial charge in [0, 0.05) is 0 Å². The maximum Gasteiger partial charge on any atom is 1.00 e. The largest absolute Gasteiger partial charge is 1.00 e. The van der Waals surface area contributed by atoms with Gasteiger partial charge in [0.2, 0.25) is 0 Å². The first-order valence-electron chi connectivity index (χ1n) is 3.25. The van der Waals surface area contributed by atoms with Gasteiger partial charge in [0.1, 0.15) is 0 Å². The summed E-state index contributed by atoms with van der Waals surface area (Å²) in [5.41, 5.74) is -0.349. The summed E-state index contributed by atoms with van der Waals surface area (Å²) in [6.45, 7) is 1.98. The van der Waals surface area contributed by atoms with Crippen LogP contribution in [-0.2, 0) is 0 Å². The van der Waals surface area contributed by atoms with Crippen molar-refractivity contribution >= 4 is 11.8 Å². The molecule has 0 aliphatic heterocycles. The van der Waals surface area contributed by atoms with E-state index >= 15 is 0 Å². The molecule has 1 aromatic rings. The summed E-state index contributed by atoms with van der Waals surface area (Å²) in [6.07, 6.45) is 0. The summed E-state index contributed by atoms with van der Waals surface area (Å²) in [5, 5.41) is 0.569. The molecule has 0 atom stereocenters. The summed E-state index contributed by atoms with van der Waals surface area (Å²) in [7, 11) is 1.52. The molecule has 0 bridgehead atoms. The van der Waals surface area contributed by atoms with Gasteiger partial charge in [0.15, 0.2) is 5.63 Å². The third-order valence-electron chi connectivity index (χ3n) is 1.14. The van der Waals surface area contributed by atoms with Crippen LogP contribution in [0.15, 0.2) is 20.4 Å². The summed E-state index contributed by atoms with van der Waals surface area (Å²) < 4.78 is 9.73. The molecule has 1 rings (SSSR count). The average Bonchev–Trinajstić information content (AvgIpc) is 2.32. The Morgan fingerprint density at radius 1 is 1.75 bits per heavy atom. The fraction of sp³-hybridized carbons (Fsp3) is 0.429. The van der Waals surface area contributed by atoms with Crippen LogP contribution in [0.25, 0.3) is 0 Å². The Labute approximate surface area is 87.0 Å². The van der Waals surface area contributed by atoms with E-state index in [0.717, 1.165) is 5.75 Å². The van der Waals surface area contributed by atoms with Crippen molar-refractivity contribution in [1.82, 2.24) is 0 Å². The van der Waals surface area contributed by atoms with Gasteiger partial charge in [-0.2, -0.15) is 11.8 Å². The second kappa shape index (κ2) is 5.47. The second-order valence-electron chi connectivity index (χ2n) is 1.85. The molecule has 0 aliphatic rings. The fourth-order valence-corrected chi connectivity index (χ4v) is 1.40. The molecule has 62 valence electrons. The van der Waals surface area contributed by atoms with Crippen molar-refractivity contribution in [1.29, 1.82) is 0 Å². The van der Waals surface area contributed by atoms with Gasteiger partial charge in [0.05, 0.1) is 18.0 Å². The molecule has 0 unspecified atom stereocenters. The molecular weight excluding hydrogens is 171 g/mol. The zero-order chi connectivity index (χ0) is 8.27. The molecule has 0 spiro atoms. The van der Waals surface area contributed by atoms with Gasteiger partial charge in [-0.15, -0.1) is 0 Å². The van der Waals surface area contributed by atoms with Crippen LogP contribution in [0.5, 0.6) is 5.75 Å². The maximum absolute atomic E-state index is 10.7. The number of methoxy groups -OCH3 is 1. The first kappa shape index (κ1) is 11.8. The standard InChI is InChI=1S/C7H9O3S.Li/c1-3-11-7-5(9-2)4-6(8)10-7;/h4H,3H2,1-2H3;/q-1;+1. The van der Waals surface area contributed by atoms with Gasteiger partial charge in [-0.05, 0) is 5.75 Å². The quantitative estimate of drug-likeness (QED) is 0.322. The van der Waals surface area contributed by atoms with Gasteiger partial charge in [0.25, 0.3) is 0 Å². The zero-order valence-electron chi connectivity index (χ0n) is 7.42. The van der Waals surface area contributed by atoms with E-state index in [-0.39, 0.29) is 24.5 Å². The molecule has 0 aliphatic carbocycles. The Hall–Kier alpha value is -0.173. The normalized spacial score (nSPS) is 9.17. The van der Waals surface area contributed by atoms with E-state index in [1.165, 1.54) is 24.9 Å². The third-order valence-corrected chi connectivity index (χ3v) is 1.97. The van der Waals surface area contributed by atoms with Crippen LogP contribution in [0.3, 0.4) is 0 Å². The smallest absolute Gasteiger partial charge is 0.544 e. The van der Waals surface area contributed by atoms with E-state index in [0.29, 0.717) is 10.8 Å². The molecule has 12 heavy (non-hydrogen) atoms. The number of furan rings is 1. The topological polar surface area (TPSA) is 39.4 Å². The molecule has 0 amide bonds. The predicted octanol–water partition coefficient (Wildman–Crippen LogP) is -1.52. The second-order valence-corrected chi connectivity index (χ2v) is 3.09. The zero-order valence-corrected chi connectivity index (χ0v) is 8.23. The molecule has 0 N–H and O–H groups in total. The van der Waals surface area contributed by atoms with Crippen LogP contribution < -0.4 is 29.2 Å². The van der Waals surface area contributed by atoms with Crippen LogP contribution in [0.1, 0.15) is 6.92 Å². The van der Waals surface area contributed by atoms with Crippen molar-refractivity contribution in [3.8, 4) is 5.75 Å². The Kier molecular flexibility index (Phi) is 5.39. The predicted molar refractivity (Wildman–Crippen MR) is 43.5 cm³/mol. The van der Waals surface area contributed by atoms with Crippen molar-refractivity contribution in [3.63, 3.8) is 0 Å². The monoisotopic (exact) mass is 180 g/mol. The Morgan fingerprint density at radius 3 is 2.92 bits per heavy atom. The number of hydrogen-bond acceptors (Lipinski definition) is 4. The summed E-state index contributed by atoms with van der Waals surface area (Å²) in [4.78, 5) is 10.7. The maximum atomic E-state index is 10.7. The van der Waals surface area contributed by atoms with Crippen molar-refractivity contribution in [2.24, 2.45) is 0 Å². The van der Waals surface area contributed by atoms with E-state index in [1.807, 2.05) is 6.92 Å². The minimum absolute atomic E-state index is 0. The molecule has 0 saturated heterocycles. The number of hydrogen-bond donors (Lipinski definition) is 0. The number of ether oxygens (including phenoxy) is 1. The Balaban J connectivity index is 0.00000121. The molecule has 1 heterocycles. The number of rotatable bonds is 3. The van der Waals surface area contributed by atoms with Crippen LogP contribution in [0.4, 0.5) is 0 Å². The van der Waals surface area contributed by atoms with Crippen LogP contribution >= 0.6 is 11.8 Å². The van der Waals surface area contributed by atoms with Crippen molar-refractivity contribution in [2.45, 2.75) is 12.0 Å². The van der Waals surface area contributed by atoms with Gasteiger partial charge >= 0.3 is 18.9 Å². The SMILES string of the molecule is CCS[c-]1oc(=O)cc1OC.[Li+]. The van der Waals surface area contributed by atoms with Gasteiger partial charge in [-0.3, -0.25) is 0 Å². The molecule has 0 radical (unpaired) electrons. The Bertz CT molecular complexity index is 278. The van der Waals surface area contributed by atoms with Gasteiger partial charge in [-0.1, -0.05) is 13.0 Å². The first-order valence-corrected chi connectivity index (χ1v) is 4.24. The molecule has 0 saturated carbocycles. The van der Waals surface area contributed by atoms with Crippen LogP contribution in [0.2, 0.25) is 0 Å². The minimum Gasteiger partial charge on any atom is -0.544 e. The van der Waals surface area contributed by atoms with Crippen molar-refractivity contribution < 1.29 is 28.0 Å². The van der Waals surface area contributed by atoms with Crippen molar-refractivity contribution in [3.05, 3.63) is 16.5 Å². The third kappa shape index (κ3) is 2.70. The fourth-order valence-electron chi connectivity index (χ4n) is 0.711. The number of thioether (sulfide) groups is 1. The summed E-state index contributed by atoms with van der Waals surface area (Å²) in [5.74, 6) is 1.39. The van der Waals surface area contributed by atoms with E-state index in [2.05, 4.69) is 0 Å². The van der Waals surface area contributed by atoms with Crippen LogP contribution in [-0.4, -0.2) is 12.9 Å². The summed E-state index contributed by atoms with van der Waals surface area (Å²) in [6, 6.07) is 1.35. The van der Waals surface area contributed by atoms with E-state index in [9.17, 15) is 4.79 Å². The van der Waals surface area contributed by atoms with Gasteiger partial charge in [-0.25, -0.2) is 0 Å². The van der Waals surface area contributed by atoms with E-state index < -0.39 is 0 Å². The molecule has 3 nitrogen and oxygen atoms in total. The van der Waals surface area contributed by atoms with E-state index in [1.54, 1.807) is 0 Å².